The van der Waals surface area contributed by atoms with Gasteiger partial charge in [0.05, 0.1) is 12.1 Å². The highest BCUT2D eigenvalue weighted by atomic mass is 19.4. The lowest BCUT2D eigenvalue weighted by Crippen LogP contribution is -2.36. The van der Waals surface area contributed by atoms with E-state index in [1.807, 2.05) is 30.3 Å². The fourth-order valence-electron chi connectivity index (χ4n) is 4.67. The van der Waals surface area contributed by atoms with E-state index < -0.39 is 17.7 Å². The molecule has 4 nitrogen and oxygen atoms in total. The number of benzene rings is 3. The van der Waals surface area contributed by atoms with Crippen molar-refractivity contribution in [2.45, 2.75) is 44.8 Å². The Labute approximate surface area is 214 Å². The zero-order chi connectivity index (χ0) is 26.4. The highest BCUT2D eigenvalue weighted by Crippen LogP contribution is 2.32. The Morgan fingerprint density at radius 2 is 1.51 bits per heavy atom. The molecule has 37 heavy (non-hydrogen) atoms. The fraction of sp³-hybridized carbons (Fsp3) is 0.267. The predicted octanol–water partition coefficient (Wildman–Crippen LogP) is 7.58. The Bertz CT molecular complexity index is 1260. The second-order valence-corrected chi connectivity index (χ2v) is 9.30. The van der Waals surface area contributed by atoms with Gasteiger partial charge in [0.25, 0.3) is 0 Å². The van der Waals surface area contributed by atoms with Gasteiger partial charge in [-0.05, 0) is 65.4 Å². The monoisotopic (exact) mass is 507 g/mol. The van der Waals surface area contributed by atoms with Crippen LogP contribution < -0.4 is 4.90 Å². The average molecular weight is 508 g/mol. The van der Waals surface area contributed by atoms with Crippen molar-refractivity contribution in [1.29, 1.82) is 0 Å². The molecule has 0 radical (unpaired) electrons. The normalized spacial score (nSPS) is 14.6. The molecule has 192 valence electrons. The number of alkyl halides is 3. The van der Waals surface area contributed by atoms with Crippen LogP contribution in [0.1, 0.15) is 48.8 Å². The quantitative estimate of drug-likeness (QED) is 0.335. The second-order valence-electron chi connectivity index (χ2n) is 9.30. The summed E-state index contributed by atoms with van der Waals surface area (Å²) < 4.78 is 38.6. The van der Waals surface area contributed by atoms with Gasteiger partial charge in [-0.15, -0.1) is 0 Å². The van der Waals surface area contributed by atoms with Crippen molar-refractivity contribution in [3.05, 3.63) is 95.6 Å². The maximum Gasteiger partial charge on any atom is 0.416 e. The van der Waals surface area contributed by atoms with E-state index in [-0.39, 0.29) is 11.8 Å². The molecule has 0 bridgehead atoms. The zero-order valence-electron chi connectivity index (χ0n) is 20.2. The number of carbonyl (C=O) groups is 2. The third-order valence-electron chi connectivity index (χ3n) is 6.66. The van der Waals surface area contributed by atoms with E-state index in [2.05, 4.69) is 0 Å². The van der Waals surface area contributed by atoms with Gasteiger partial charge in [0.15, 0.2) is 0 Å². The Morgan fingerprint density at radius 3 is 2.11 bits per heavy atom. The van der Waals surface area contributed by atoms with E-state index in [9.17, 15) is 22.8 Å². The number of aliphatic carboxylic acids is 1. The summed E-state index contributed by atoms with van der Waals surface area (Å²) in [5.41, 5.74) is 3.02. The molecule has 1 aliphatic rings. The van der Waals surface area contributed by atoms with E-state index in [1.54, 1.807) is 23.1 Å². The minimum atomic E-state index is -4.38. The van der Waals surface area contributed by atoms with Crippen LogP contribution in [-0.2, 0) is 22.3 Å². The topological polar surface area (TPSA) is 57.6 Å². The molecule has 1 fully saturated rings. The van der Waals surface area contributed by atoms with Crippen molar-refractivity contribution in [2.24, 2.45) is 5.92 Å². The minimum Gasteiger partial charge on any atom is -0.478 e. The first-order chi connectivity index (χ1) is 17.7. The summed E-state index contributed by atoms with van der Waals surface area (Å²) in [7, 11) is 0. The molecule has 0 heterocycles. The summed E-state index contributed by atoms with van der Waals surface area (Å²) in [6.45, 7) is 0.328. The Balaban J connectivity index is 1.58. The van der Waals surface area contributed by atoms with Crippen LogP contribution in [-0.4, -0.2) is 17.0 Å². The predicted molar refractivity (Wildman–Crippen MR) is 138 cm³/mol. The molecule has 1 amide bonds. The Morgan fingerprint density at radius 1 is 0.892 bits per heavy atom. The highest BCUT2D eigenvalue weighted by molar-refractivity contribution is 5.95. The third kappa shape index (κ3) is 6.88. The number of anilines is 1. The van der Waals surface area contributed by atoms with E-state index in [4.69, 9.17) is 5.11 Å². The van der Waals surface area contributed by atoms with E-state index in [0.717, 1.165) is 61.4 Å². The third-order valence-corrected chi connectivity index (χ3v) is 6.66. The summed E-state index contributed by atoms with van der Waals surface area (Å²) >= 11 is 0. The van der Waals surface area contributed by atoms with Gasteiger partial charge in [0, 0.05) is 17.7 Å². The van der Waals surface area contributed by atoms with Crippen molar-refractivity contribution in [3.63, 3.8) is 0 Å². The number of carboxylic acid groups (broad SMARTS) is 1. The van der Waals surface area contributed by atoms with Crippen LogP contribution in [0.25, 0.3) is 17.2 Å². The van der Waals surface area contributed by atoms with Crippen LogP contribution in [0.15, 0.2) is 78.9 Å². The van der Waals surface area contributed by atoms with E-state index >= 15 is 0 Å². The first kappa shape index (κ1) is 26.2. The lowest BCUT2D eigenvalue weighted by Gasteiger charge is -2.30. The number of nitrogens with zero attached hydrogens (tertiary/aromatic N) is 1. The van der Waals surface area contributed by atoms with Crippen LogP contribution >= 0.6 is 0 Å². The van der Waals surface area contributed by atoms with Crippen molar-refractivity contribution in [3.8, 4) is 11.1 Å². The van der Waals surface area contributed by atoms with Gasteiger partial charge < -0.3 is 10.0 Å². The standard InChI is InChI=1S/C30H28F3NO3/c31-30(32,33)26-16-14-24(15-17-26)23-12-9-22(10-13-23)20-34(29(37)25-6-2-1-3-7-25)27-8-4-5-21(19-27)11-18-28(35)36/h4-5,8-19,25H,1-3,6-7,20H2,(H,35,36). The second kappa shape index (κ2) is 11.5. The summed E-state index contributed by atoms with van der Waals surface area (Å²) in [5.74, 6) is -1.06. The van der Waals surface area contributed by atoms with Gasteiger partial charge >= 0.3 is 12.1 Å². The van der Waals surface area contributed by atoms with E-state index in [0.29, 0.717) is 23.4 Å². The van der Waals surface area contributed by atoms with Gasteiger partial charge in [0.2, 0.25) is 5.91 Å². The SMILES string of the molecule is O=C(O)C=Cc1cccc(N(Cc2ccc(-c3ccc(C(F)(F)F)cc3)cc2)C(=O)C2CCCCC2)c1. The number of carbonyl (C=O) groups excluding carboxylic acids is 1. The first-order valence-corrected chi connectivity index (χ1v) is 12.3. The summed E-state index contributed by atoms with van der Waals surface area (Å²) in [6, 6.07) is 19.7. The number of rotatable bonds is 7. The highest BCUT2D eigenvalue weighted by Gasteiger charge is 2.30. The molecule has 7 heteroatoms. The fourth-order valence-corrected chi connectivity index (χ4v) is 4.67. The van der Waals surface area contributed by atoms with Gasteiger partial charge in [-0.25, -0.2) is 4.79 Å². The Hall–Kier alpha value is -3.87. The van der Waals surface area contributed by atoms with Crippen LogP contribution in [0, 0.1) is 5.92 Å². The maximum atomic E-state index is 13.6. The van der Waals surface area contributed by atoms with Crippen molar-refractivity contribution in [1.82, 2.24) is 0 Å². The summed E-state index contributed by atoms with van der Waals surface area (Å²) in [5, 5.41) is 8.96. The molecule has 0 aromatic heterocycles. The van der Waals surface area contributed by atoms with Crippen molar-refractivity contribution >= 4 is 23.6 Å². The molecule has 0 unspecified atom stereocenters. The molecule has 0 spiro atoms. The lowest BCUT2D eigenvalue weighted by atomic mass is 9.88. The summed E-state index contributed by atoms with van der Waals surface area (Å²) in [4.78, 5) is 26.3. The van der Waals surface area contributed by atoms with Crippen molar-refractivity contribution < 1.29 is 27.9 Å². The van der Waals surface area contributed by atoms with Gasteiger partial charge in [0.1, 0.15) is 0 Å². The zero-order valence-corrected chi connectivity index (χ0v) is 20.2. The Kier molecular flexibility index (Phi) is 8.11. The molecule has 0 aliphatic heterocycles. The molecule has 0 atom stereocenters. The van der Waals surface area contributed by atoms with Crippen LogP contribution in [0.4, 0.5) is 18.9 Å². The molecule has 3 aromatic carbocycles. The number of hydrogen-bond donors (Lipinski definition) is 1. The van der Waals surface area contributed by atoms with Gasteiger partial charge in [-0.2, -0.15) is 13.2 Å². The molecule has 1 saturated carbocycles. The number of halogens is 3. The smallest absolute Gasteiger partial charge is 0.416 e. The first-order valence-electron chi connectivity index (χ1n) is 12.3. The molecule has 4 rings (SSSR count). The number of hydrogen-bond acceptors (Lipinski definition) is 2. The largest absolute Gasteiger partial charge is 0.478 e. The molecule has 3 aromatic rings. The van der Waals surface area contributed by atoms with Crippen LogP contribution in [0.5, 0.6) is 0 Å². The van der Waals surface area contributed by atoms with E-state index in [1.165, 1.54) is 18.2 Å². The summed E-state index contributed by atoms with van der Waals surface area (Å²) in [6.07, 6.45) is 3.05. The average Bonchev–Trinajstić information content (AvgIpc) is 2.91. The van der Waals surface area contributed by atoms with Crippen molar-refractivity contribution in [2.75, 3.05) is 4.90 Å². The molecular weight excluding hydrogens is 479 g/mol. The van der Waals surface area contributed by atoms with Crippen LogP contribution in [0.3, 0.4) is 0 Å². The van der Waals surface area contributed by atoms with Gasteiger partial charge in [-0.3, -0.25) is 4.79 Å². The van der Waals surface area contributed by atoms with Crippen LogP contribution in [0.2, 0.25) is 0 Å². The molecule has 0 saturated heterocycles. The number of amides is 1. The number of carboxylic acids is 1. The molecular formula is C30H28F3NO3. The van der Waals surface area contributed by atoms with Gasteiger partial charge in [-0.1, -0.05) is 67.8 Å². The maximum absolute atomic E-state index is 13.6. The molecule has 1 N–H and O–H groups in total. The molecule has 1 aliphatic carbocycles. The minimum absolute atomic E-state index is 0.0471. The lowest BCUT2D eigenvalue weighted by molar-refractivity contribution is -0.137.